The second-order valence-electron chi connectivity index (χ2n) is 1.80. The molecule has 0 aromatic carbocycles. The number of carbonyl (C=O) groups is 1. The van der Waals surface area contributed by atoms with Crippen molar-refractivity contribution in [2.24, 2.45) is 0 Å². The van der Waals surface area contributed by atoms with Crippen LogP contribution in [0, 0.1) is 0 Å². The lowest BCUT2D eigenvalue weighted by atomic mass is 10.4. The highest BCUT2D eigenvalue weighted by Crippen LogP contribution is 2.10. The molecule has 1 aromatic heterocycles. The standard InChI is InChI=1S/C5H7N3O2S/c1-2-6-4-3(5(9)10)7-11-8-4/h2H2,1H3,(H,6,8)(H,9,10). The molecule has 0 aliphatic rings. The van der Waals surface area contributed by atoms with Crippen LogP contribution in [0.25, 0.3) is 0 Å². The number of aromatic nitrogens is 2. The topological polar surface area (TPSA) is 75.1 Å². The lowest BCUT2D eigenvalue weighted by molar-refractivity contribution is 0.0693. The Balaban J connectivity index is 2.87. The Morgan fingerprint density at radius 2 is 2.45 bits per heavy atom. The van der Waals surface area contributed by atoms with E-state index in [0.29, 0.717) is 12.4 Å². The molecule has 1 heterocycles. The quantitative estimate of drug-likeness (QED) is 0.702. The molecule has 60 valence electrons. The number of nitrogens with one attached hydrogen (secondary N) is 1. The van der Waals surface area contributed by atoms with Crippen LogP contribution in [0.1, 0.15) is 17.4 Å². The molecular weight excluding hydrogens is 166 g/mol. The summed E-state index contributed by atoms with van der Waals surface area (Å²) in [4.78, 5) is 10.4. The van der Waals surface area contributed by atoms with Crippen molar-refractivity contribution in [3.05, 3.63) is 5.69 Å². The second kappa shape index (κ2) is 3.29. The van der Waals surface area contributed by atoms with Crippen LogP contribution in [0.2, 0.25) is 0 Å². The Bertz CT molecular complexity index is 260. The van der Waals surface area contributed by atoms with Crippen LogP contribution < -0.4 is 5.32 Å². The van der Waals surface area contributed by atoms with E-state index in [-0.39, 0.29) is 5.69 Å². The molecule has 0 amide bonds. The molecule has 0 spiro atoms. The minimum Gasteiger partial charge on any atom is -0.476 e. The molecule has 0 aliphatic heterocycles. The van der Waals surface area contributed by atoms with Gasteiger partial charge in [0.1, 0.15) is 0 Å². The largest absolute Gasteiger partial charge is 0.476 e. The van der Waals surface area contributed by atoms with Gasteiger partial charge in [-0.1, -0.05) is 0 Å². The first-order valence-corrected chi connectivity index (χ1v) is 3.78. The van der Waals surface area contributed by atoms with E-state index < -0.39 is 5.97 Å². The third kappa shape index (κ3) is 1.64. The van der Waals surface area contributed by atoms with Gasteiger partial charge >= 0.3 is 5.97 Å². The maximum absolute atomic E-state index is 10.4. The lowest BCUT2D eigenvalue weighted by Gasteiger charge is -1.95. The predicted octanol–water partition coefficient (Wildman–Crippen LogP) is 0.668. The Morgan fingerprint density at radius 3 is 3.00 bits per heavy atom. The third-order valence-electron chi connectivity index (χ3n) is 1.04. The summed E-state index contributed by atoms with van der Waals surface area (Å²) in [7, 11) is 0. The number of anilines is 1. The minimum atomic E-state index is -1.05. The molecule has 0 saturated carbocycles. The zero-order valence-electron chi connectivity index (χ0n) is 5.87. The van der Waals surface area contributed by atoms with Gasteiger partial charge in [-0.05, 0) is 6.92 Å². The Hall–Kier alpha value is -1.17. The van der Waals surface area contributed by atoms with Crippen molar-refractivity contribution in [1.82, 2.24) is 8.75 Å². The third-order valence-corrected chi connectivity index (χ3v) is 1.56. The normalized spacial score (nSPS) is 9.55. The Kier molecular flexibility index (Phi) is 2.37. The fraction of sp³-hybridized carbons (Fsp3) is 0.400. The predicted molar refractivity (Wildman–Crippen MR) is 41.0 cm³/mol. The molecule has 0 radical (unpaired) electrons. The molecule has 11 heavy (non-hydrogen) atoms. The molecule has 6 heteroatoms. The molecule has 0 unspecified atom stereocenters. The average molecular weight is 173 g/mol. The summed E-state index contributed by atoms with van der Waals surface area (Å²) in [5, 5.41) is 11.3. The number of rotatable bonds is 3. The summed E-state index contributed by atoms with van der Waals surface area (Å²) in [6.45, 7) is 2.51. The first-order chi connectivity index (χ1) is 5.25. The van der Waals surface area contributed by atoms with Crippen molar-refractivity contribution < 1.29 is 9.90 Å². The fourth-order valence-electron chi connectivity index (χ4n) is 0.612. The zero-order chi connectivity index (χ0) is 8.27. The van der Waals surface area contributed by atoms with E-state index >= 15 is 0 Å². The molecule has 0 atom stereocenters. The molecule has 0 bridgehead atoms. The van der Waals surface area contributed by atoms with E-state index in [2.05, 4.69) is 14.1 Å². The van der Waals surface area contributed by atoms with Gasteiger partial charge in [-0.2, -0.15) is 8.75 Å². The molecule has 0 aliphatic carbocycles. The number of carboxylic acids is 1. The zero-order valence-corrected chi connectivity index (χ0v) is 6.68. The summed E-state index contributed by atoms with van der Waals surface area (Å²) in [6, 6.07) is 0. The van der Waals surface area contributed by atoms with E-state index in [4.69, 9.17) is 5.11 Å². The van der Waals surface area contributed by atoms with Crippen LogP contribution >= 0.6 is 11.7 Å². The summed E-state index contributed by atoms with van der Waals surface area (Å²) in [5.41, 5.74) is -0.00292. The first-order valence-electron chi connectivity index (χ1n) is 3.05. The second-order valence-corrected chi connectivity index (χ2v) is 2.33. The van der Waals surface area contributed by atoms with Crippen LogP contribution in [-0.2, 0) is 0 Å². The van der Waals surface area contributed by atoms with Gasteiger partial charge in [-0.15, -0.1) is 0 Å². The molecule has 5 nitrogen and oxygen atoms in total. The maximum Gasteiger partial charge on any atom is 0.359 e. The average Bonchev–Trinajstić information content (AvgIpc) is 2.36. The van der Waals surface area contributed by atoms with E-state index in [1.807, 2.05) is 6.92 Å². The lowest BCUT2D eigenvalue weighted by Crippen LogP contribution is -2.04. The van der Waals surface area contributed by atoms with Gasteiger partial charge < -0.3 is 10.4 Å². The van der Waals surface area contributed by atoms with Gasteiger partial charge in [-0.3, -0.25) is 0 Å². The van der Waals surface area contributed by atoms with Gasteiger partial charge in [0.2, 0.25) is 5.69 Å². The van der Waals surface area contributed by atoms with E-state index in [1.165, 1.54) is 0 Å². The van der Waals surface area contributed by atoms with Crippen LogP contribution in [0.3, 0.4) is 0 Å². The first kappa shape index (κ1) is 7.93. The number of nitrogens with zero attached hydrogens (tertiary/aromatic N) is 2. The molecule has 1 rings (SSSR count). The van der Waals surface area contributed by atoms with Crippen molar-refractivity contribution in [3.63, 3.8) is 0 Å². The summed E-state index contributed by atoms with van der Waals surface area (Å²) in [6.07, 6.45) is 0. The highest BCUT2D eigenvalue weighted by Gasteiger charge is 2.13. The van der Waals surface area contributed by atoms with Gasteiger partial charge in [0.05, 0.1) is 11.7 Å². The SMILES string of the molecule is CCNc1nsnc1C(=O)O. The Morgan fingerprint density at radius 1 is 1.73 bits per heavy atom. The Labute approximate surface area is 67.4 Å². The van der Waals surface area contributed by atoms with Gasteiger partial charge in [-0.25, -0.2) is 4.79 Å². The summed E-state index contributed by atoms with van der Waals surface area (Å²) < 4.78 is 7.37. The highest BCUT2D eigenvalue weighted by atomic mass is 32.1. The number of hydrogen-bond acceptors (Lipinski definition) is 5. The van der Waals surface area contributed by atoms with Gasteiger partial charge in [0.15, 0.2) is 5.82 Å². The van der Waals surface area contributed by atoms with E-state index in [9.17, 15) is 4.79 Å². The van der Waals surface area contributed by atoms with Gasteiger partial charge in [0.25, 0.3) is 0 Å². The van der Waals surface area contributed by atoms with Crippen LogP contribution in [-0.4, -0.2) is 26.4 Å². The smallest absolute Gasteiger partial charge is 0.359 e. The monoisotopic (exact) mass is 173 g/mol. The van der Waals surface area contributed by atoms with Crippen molar-refractivity contribution in [2.45, 2.75) is 6.92 Å². The van der Waals surface area contributed by atoms with E-state index in [0.717, 1.165) is 11.7 Å². The molecule has 0 fully saturated rings. The van der Waals surface area contributed by atoms with Crippen molar-refractivity contribution in [1.29, 1.82) is 0 Å². The summed E-state index contributed by atoms with van der Waals surface area (Å²) >= 11 is 0.891. The molecular formula is C5H7N3O2S. The van der Waals surface area contributed by atoms with Crippen LogP contribution in [0.15, 0.2) is 0 Å². The number of carboxylic acid groups (broad SMARTS) is 1. The van der Waals surface area contributed by atoms with Crippen LogP contribution in [0.4, 0.5) is 5.82 Å². The van der Waals surface area contributed by atoms with Crippen molar-refractivity contribution in [3.8, 4) is 0 Å². The maximum atomic E-state index is 10.4. The van der Waals surface area contributed by atoms with Crippen LogP contribution in [0.5, 0.6) is 0 Å². The van der Waals surface area contributed by atoms with E-state index in [1.54, 1.807) is 0 Å². The fourth-order valence-corrected chi connectivity index (χ4v) is 1.13. The number of hydrogen-bond donors (Lipinski definition) is 2. The minimum absolute atomic E-state index is 0.00292. The molecule has 2 N–H and O–H groups in total. The summed E-state index contributed by atoms with van der Waals surface area (Å²) in [5.74, 6) is -0.695. The van der Waals surface area contributed by atoms with Gasteiger partial charge in [0, 0.05) is 6.54 Å². The molecule has 0 saturated heterocycles. The van der Waals surface area contributed by atoms with Crippen molar-refractivity contribution in [2.75, 3.05) is 11.9 Å². The molecule has 1 aromatic rings. The van der Waals surface area contributed by atoms with Crippen molar-refractivity contribution >= 4 is 23.5 Å². The number of aromatic carboxylic acids is 1. The highest BCUT2D eigenvalue weighted by molar-refractivity contribution is 6.99.